The fourth-order valence-electron chi connectivity index (χ4n) is 2.64. The molecule has 2 N–H and O–H groups in total. The highest BCUT2D eigenvalue weighted by Crippen LogP contribution is 2.19. The molecule has 1 aliphatic heterocycles. The van der Waals surface area contributed by atoms with Crippen molar-refractivity contribution in [2.45, 2.75) is 39.3 Å². The summed E-state index contributed by atoms with van der Waals surface area (Å²) in [6.45, 7) is 8.77. The van der Waals surface area contributed by atoms with E-state index in [0.717, 1.165) is 30.9 Å². The van der Waals surface area contributed by atoms with Gasteiger partial charge in [0.15, 0.2) is 0 Å². The smallest absolute Gasteiger partial charge is 0.122 e. The first kappa shape index (κ1) is 16.3. The van der Waals surface area contributed by atoms with E-state index >= 15 is 0 Å². The topological polar surface area (TPSA) is 50.7 Å². The molecule has 118 valence electrons. The number of benzene rings is 1. The number of hydrogen-bond acceptors (Lipinski definition) is 4. The maximum Gasteiger partial charge on any atom is 0.122 e. The molecular formula is C17H27NO3. The van der Waals surface area contributed by atoms with Crippen LogP contribution in [0.2, 0.25) is 0 Å². The van der Waals surface area contributed by atoms with Gasteiger partial charge >= 0.3 is 0 Å². The summed E-state index contributed by atoms with van der Waals surface area (Å²) in [6.07, 6.45) is 0.596. The number of aryl methyl sites for hydroxylation is 2. The highest BCUT2D eigenvalue weighted by molar-refractivity contribution is 5.35. The lowest BCUT2D eigenvalue weighted by molar-refractivity contribution is 0.100. The molecule has 0 aliphatic carbocycles. The van der Waals surface area contributed by atoms with E-state index in [0.29, 0.717) is 25.1 Å². The van der Waals surface area contributed by atoms with E-state index < -0.39 is 6.10 Å². The Bertz CT molecular complexity index is 444. The third-order valence-electron chi connectivity index (χ3n) is 4.11. The van der Waals surface area contributed by atoms with Gasteiger partial charge in [-0.05, 0) is 44.7 Å². The number of rotatable bonds is 7. The van der Waals surface area contributed by atoms with Gasteiger partial charge in [-0.1, -0.05) is 17.7 Å². The van der Waals surface area contributed by atoms with Crippen LogP contribution in [0, 0.1) is 19.8 Å². The van der Waals surface area contributed by atoms with Gasteiger partial charge in [0.05, 0.1) is 6.61 Å². The Balaban J connectivity index is 1.70. The van der Waals surface area contributed by atoms with Gasteiger partial charge in [0.25, 0.3) is 0 Å². The molecule has 0 amide bonds. The average molecular weight is 293 g/mol. The fraction of sp³-hybridized carbons (Fsp3) is 0.647. The first-order valence-electron chi connectivity index (χ1n) is 7.75. The molecule has 4 heteroatoms. The van der Waals surface area contributed by atoms with Crippen molar-refractivity contribution in [1.82, 2.24) is 5.32 Å². The zero-order chi connectivity index (χ0) is 15.2. The summed E-state index contributed by atoms with van der Waals surface area (Å²) in [6, 6.07) is 6.43. The third-order valence-corrected chi connectivity index (χ3v) is 4.11. The predicted octanol–water partition coefficient (Wildman–Crippen LogP) is 2.06. The van der Waals surface area contributed by atoms with Gasteiger partial charge in [0, 0.05) is 19.2 Å². The molecule has 0 radical (unpaired) electrons. The minimum atomic E-state index is -0.504. The molecule has 4 nitrogen and oxygen atoms in total. The fourth-order valence-corrected chi connectivity index (χ4v) is 2.64. The number of aliphatic hydroxyl groups is 1. The van der Waals surface area contributed by atoms with Gasteiger partial charge in [0.1, 0.15) is 18.5 Å². The number of aliphatic hydroxyl groups excluding tert-OH is 1. The standard InChI is InChI=1S/C17H27NO3/c1-12-4-5-17(13(2)8-12)21-11-16(19)9-18-14(3)15-6-7-20-10-15/h4-5,8,14-16,18-19H,6-7,9-11H2,1-3H3. The molecule has 1 aromatic carbocycles. The number of hydrogen-bond donors (Lipinski definition) is 2. The van der Waals surface area contributed by atoms with Crippen LogP contribution in [-0.4, -0.2) is 43.6 Å². The summed E-state index contributed by atoms with van der Waals surface area (Å²) in [4.78, 5) is 0. The molecule has 21 heavy (non-hydrogen) atoms. The van der Waals surface area contributed by atoms with E-state index in [1.807, 2.05) is 19.1 Å². The Hall–Kier alpha value is -1.10. The van der Waals surface area contributed by atoms with Crippen molar-refractivity contribution < 1.29 is 14.6 Å². The van der Waals surface area contributed by atoms with Gasteiger partial charge < -0.3 is 19.9 Å². The minimum Gasteiger partial charge on any atom is -0.491 e. The van der Waals surface area contributed by atoms with Crippen LogP contribution >= 0.6 is 0 Å². The maximum absolute atomic E-state index is 10.0. The van der Waals surface area contributed by atoms with Crippen LogP contribution in [0.3, 0.4) is 0 Å². The van der Waals surface area contributed by atoms with Crippen LogP contribution in [0.25, 0.3) is 0 Å². The molecule has 1 aromatic rings. The van der Waals surface area contributed by atoms with Crippen LogP contribution < -0.4 is 10.1 Å². The lowest BCUT2D eigenvalue weighted by Gasteiger charge is -2.21. The number of ether oxygens (including phenoxy) is 2. The molecule has 0 saturated carbocycles. The minimum absolute atomic E-state index is 0.310. The molecule has 0 aromatic heterocycles. The highest BCUT2D eigenvalue weighted by Gasteiger charge is 2.22. The summed E-state index contributed by atoms with van der Waals surface area (Å²) in [7, 11) is 0. The van der Waals surface area contributed by atoms with Crippen molar-refractivity contribution >= 4 is 0 Å². The van der Waals surface area contributed by atoms with Crippen LogP contribution in [0.1, 0.15) is 24.5 Å². The quantitative estimate of drug-likeness (QED) is 0.808. The van der Waals surface area contributed by atoms with Crippen molar-refractivity contribution in [3.05, 3.63) is 29.3 Å². The first-order chi connectivity index (χ1) is 10.1. The molecular weight excluding hydrogens is 266 g/mol. The Morgan fingerprint density at radius 2 is 2.24 bits per heavy atom. The van der Waals surface area contributed by atoms with Crippen molar-refractivity contribution in [3.63, 3.8) is 0 Å². The van der Waals surface area contributed by atoms with Crippen molar-refractivity contribution in [2.75, 3.05) is 26.4 Å². The van der Waals surface area contributed by atoms with Gasteiger partial charge in [-0.25, -0.2) is 0 Å². The van der Waals surface area contributed by atoms with E-state index in [1.165, 1.54) is 5.56 Å². The molecule has 1 fully saturated rings. The van der Waals surface area contributed by atoms with Gasteiger partial charge in [-0.3, -0.25) is 0 Å². The number of nitrogens with one attached hydrogen (secondary N) is 1. The Kier molecular flexibility index (Phi) is 6.03. The average Bonchev–Trinajstić information content (AvgIpc) is 2.98. The van der Waals surface area contributed by atoms with Gasteiger partial charge in [-0.15, -0.1) is 0 Å². The Labute approximate surface area is 127 Å². The largest absolute Gasteiger partial charge is 0.491 e. The van der Waals surface area contributed by atoms with E-state index in [-0.39, 0.29) is 0 Å². The zero-order valence-electron chi connectivity index (χ0n) is 13.3. The zero-order valence-corrected chi connectivity index (χ0v) is 13.3. The predicted molar refractivity (Wildman–Crippen MR) is 83.8 cm³/mol. The Morgan fingerprint density at radius 3 is 2.90 bits per heavy atom. The molecule has 3 atom stereocenters. The molecule has 1 saturated heterocycles. The second-order valence-electron chi connectivity index (χ2n) is 6.05. The monoisotopic (exact) mass is 293 g/mol. The molecule has 1 aliphatic rings. The van der Waals surface area contributed by atoms with Gasteiger partial charge in [0.2, 0.25) is 0 Å². The highest BCUT2D eigenvalue weighted by atomic mass is 16.5. The third kappa shape index (κ3) is 4.99. The van der Waals surface area contributed by atoms with Crippen LogP contribution in [0.5, 0.6) is 5.75 Å². The summed E-state index contributed by atoms with van der Waals surface area (Å²) < 4.78 is 11.1. The van der Waals surface area contributed by atoms with Gasteiger partial charge in [-0.2, -0.15) is 0 Å². The summed E-state index contributed by atoms with van der Waals surface area (Å²) in [5, 5.41) is 13.4. The maximum atomic E-state index is 10.0. The molecule has 0 spiro atoms. The van der Waals surface area contributed by atoms with E-state index in [2.05, 4.69) is 25.2 Å². The summed E-state index contributed by atoms with van der Waals surface area (Å²) >= 11 is 0. The Morgan fingerprint density at radius 1 is 1.43 bits per heavy atom. The summed E-state index contributed by atoms with van der Waals surface area (Å²) in [5.74, 6) is 1.40. The molecule has 3 unspecified atom stereocenters. The normalized spacial score (nSPS) is 21.2. The SMILES string of the molecule is Cc1ccc(OCC(O)CNC(C)C2CCOC2)c(C)c1. The molecule has 2 rings (SSSR count). The van der Waals surface area contributed by atoms with Crippen molar-refractivity contribution in [2.24, 2.45) is 5.92 Å². The summed E-state index contributed by atoms with van der Waals surface area (Å²) in [5.41, 5.74) is 2.32. The van der Waals surface area contributed by atoms with E-state index in [1.54, 1.807) is 0 Å². The lowest BCUT2D eigenvalue weighted by atomic mass is 10.0. The molecule has 0 bridgehead atoms. The van der Waals surface area contributed by atoms with E-state index in [9.17, 15) is 5.11 Å². The molecule has 1 heterocycles. The van der Waals surface area contributed by atoms with Crippen LogP contribution in [0.15, 0.2) is 18.2 Å². The second-order valence-corrected chi connectivity index (χ2v) is 6.05. The van der Waals surface area contributed by atoms with Crippen molar-refractivity contribution in [1.29, 1.82) is 0 Å². The van der Waals surface area contributed by atoms with E-state index in [4.69, 9.17) is 9.47 Å². The van der Waals surface area contributed by atoms with Crippen LogP contribution in [0.4, 0.5) is 0 Å². The van der Waals surface area contributed by atoms with Crippen LogP contribution in [-0.2, 0) is 4.74 Å². The second kappa shape index (κ2) is 7.78. The lowest BCUT2D eigenvalue weighted by Crippen LogP contribution is -2.40. The first-order valence-corrected chi connectivity index (χ1v) is 7.75. The van der Waals surface area contributed by atoms with Crippen molar-refractivity contribution in [3.8, 4) is 5.75 Å².